The summed E-state index contributed by atoms with van der Waals surface area (Å²) in [6.07, 6.45) is 9.87. The van der Waals surface area contributed by atoms with Crippen molar-refractivity contribution in [3.8, 4) is 39.1 Å². The topological polar surface area (TPSA) is 21.3 Å². The van der Waals surface area contributed by atoms with Gasteiger partial charge in [0.15, 0.2) is 0 Å². The van der Waals surface area contributed by atoms with Crippen molar-refractivity contribution in [3.05, 3.63) is 242 Å². The summed E-state index contributed by atoms with van der Waals surface area (Å²) in [6.45, 7) is 0. The molecule has 0 spiro atoms. The Bertz CT molecular complexity index is 3480. The second-order valence-electron chi connectivity index (χ2n) is 16.4. The molecule has 1 unspecified atom stereocenters. The van der Waals surface area contributed by atoms with Crippen molar-refractivity contribution < 1.29 is 4.42 Å². The van der Waals surface area contributed by atoms with Crippen molar-refractivity contribution >= 4 is 60.8 Å². The Morgan fingerprint density at radius 1 is 0.429 bits per heavy atom. The maximum atomic E-state index is 6.42. The van der Waals surface area contributed by atoms with Gasteiger partial charge < -0.3 is 13.9 Å². The molecule has 0 bridgehead atoms. The lowest BCUT2D eigenvalue weighted by Crippen LogP contribution is -2.10. The average Bonchev–Trinajstić information content (AvgIpc) is 3.91. The molecule has 0 aliphatic heterocycles. The first-order valence-corrected chi connectivity index (χ1v) is 21.8. The predicted molar refractivity (Wildman–Crippen MR) is 265 cm³/mol. The van der Waals surface area contributed by atoms with Gasteiger partial charge in [-0.15, -0.1) is 0 Å². The van der Waals surface area contributed by atoms with Gasteiger partial charge in [0.05, 0.1) is 27.8 Å². The largest absolute Gasteiger partial charge is 0.456 e. The van der Waals surface area contributed by atoms with E-state index in [1.165, 1.54) is 55.2 Å². The standard InChI is InChI=1S/C60H42N2O/c1-2-15-41(16-3-1)42-29-31-43(32-30-42)44-33-37-46(38-34-44)61(57-26-14-28-59-60(57)53-22-9-13-27-58(53)63-59)47-39-35-45(36-40-47)48-17-4-5-18-49(48)50-19-6-10-23-54(50)62-55-24-11-7-20-51(55)52-21-8-12-25-56(52)62/h1-15,17-41H,16H2. The number of fused-ring (bicyclic) bond motifs is 6. The fraction of sp³-hybridized carbons (Fsp3) is 0.0333. The van der Waals surface area contributed by atoms with Crippen LogP contribution in [0.2, 0.25) is 0 Å². The van der Waals surface area contributed by atoms with E-state index in [2.05, 4.69) is 240 Å². The molecule has 3 heteroatoms. The first kappa shape index (κ1) is 36.7. The number of para-hydroxylation sites is 4. The summed E-state index contributed by atoms with van der Waals surface area (Å²) in [5, 5.41) is 4.70. The second-order valence-corrected chi connectivity index (χ2v) is 16.4. The highest BCUT2D eigenvalue weighted by atomic mass is 16.3. The minimum atomic E-state index is 0.434. The lowest BCUT2D eigenvalue weighted by Gasteiger charge is -2.27. The van der Waals surface area contributed by atoms with Crippen LogP contribution >= 0.6 is 0 Å². The summed E-state index contributed by atoms with van der Waals surface area (Å²) in [5.41, 5.74) is 16.9. The SMILES string of the molecule is C1=CCC(c2ccc(-c3ccc(N(c4ccc(-c5ccccc5-c5ccccc5-n5c6ccccc6c6ccccc65)cc4)c4cccc5oc6ccccc6c45)cc3)cc2)C=C1. The van der Waals surface area contributed by atoms with Crippen LogP contribution in [-0.4, -0.2) is 4.57 Å². The van der Waals surface area contributed by atoms with Crippen LogP contribution in [0.25, 0.3) is 82.8 Å². The van der Waals surface area contributed by atoms with Crippen molar-refractivity contribution in [2.75, 3.05) is 4.90 Å². The average molecular weight is 807 g/mol. The Labute approximate surface area is 366 Å². The maximum Gasteiger partial charge on any atom is 0.137 e. The summed E-state index contributed by atoms with van der Waals surface area (Å²) in [7, 11) is 0. The molecule has 0 amide bonds. The molecule has 2 heterocycles. The highest BCUT2D eigenvalue weighted by Gasteiger charge is 2.21. The van der Waals surface area contributed by atoms with E-state index in [0.717, 1.165) is 56.7 Å². The number of rotatable bonds is 8. The Morgan fingerprint density at radius 2 is 0.984 bits per heavy atom. The van der Waals surface area contributed by atoms with Gasteiger partial charge in [-0.25, -0.2) is 0 Å². The van der Waals surface area contributed by atoms with Crippen LogP contribution in [0.1, 0.15) is 17.9 Å². The van der Waals surface area contributed by atoms with Gasteiger partial charge in [0, 0.05) is 39.0 Å². The monoisotopic (exact) mass is 806 g/mol. The smallest absolute Gasteiger partial charge is 0.137 e. The lowest BCUT2D eigenvalue weighted by molar-refractivity contribution is 0.669. The quantitative estimate of drug-likeness (QED) is 0.153. The second kappa shape index (κ2) is 15.4. The van der Waals surface area contributed by atoms with E-state index in [0.29, 0.717) is 5.92 Å². The van der Waals surface area contributed by atoms with Crippen LogP contribution in [0.5, 0.6) is 0 Å². The molecule has 0 N–H and O–H groups in total. The third kappa shape index (κ3) is 6.36. The third-order valence-corrected chi connectivity index (χ3v) is 12.8. The van der Waals surface area contributed by atoms with Gasteiger partial charge in [0.2, 0.25) is 0 Å². The molecule has 3 nitrogen and oxygen atoms in total. The van der Waals surface area contributed by atoms with E-state index in [1.54, 1.807) is 0 Å². The molecule has 1 aliphatic carbocycles. The summed E-state index contributed by atoms with van der Waals surface area (Å²) in [5.74, 6) is 0.434. The van der Waals surface area contributed by atoms with E-state index >= 15 is 0 Å². The summed E-state index contributed by atoms with van der Waals surface area (Å²) in [4.78, 5) is 2.37. The van der Waals surface area contributed by atoms with Crippen molar-refractivity contribution in [2.24, 2.45) is 0 Å². The van der Waals surface area contributed by atoms with Crippen LogP contribution in [0.3, 0.4) is 0 Å². The van der Waals surface area contributed by atoms with E-state index in [1.807, 2.05) is 6.07 Å². The highest BCUT2D eigenvalue weighted by molar-refractivity contribution is 6.13. The molecule has 0 saturated carbocycles. The van der Waals surface area contributed by atoms with Gasteiger partial charge in [-0.2, -0.15) is 0 Å². The molecule has 11 aromatic rings. The molecule has 2 aromatic heterocycles. The number of furan rings is 1. The van der Waals surface area contributed by atoms with Crippen molar-refractivity contribution in [1.82, 2.24) is 4.57 Å². The maximum absolute atomic E-state index is 6.42. The molecule has 0 radical (unpaired) electrons. The first-order valence-electron chi connectivity index (χ1n) is 21.8. The zero-order chi connectivity index (χ0) is 41.7. The number of aromatic nitrogens is 1. The van der Waals surface area contributed by atoms with Crippen molar-refractivity contribution in [1.29, 1.82) is 0 Å². The van der Waals surface area contributed by atoms with Gasteiger partial charge in [0.25, 0.3) is 0 Å². The summed E-state index contributed by atoms with van der Waals surface area (Å²) >= 11 is 0. The number of anilines is 3. The number of hydrogen-bond donors (Lipinski definition) is 0. The summed E-state index contributed by atoms with van der Waals surface area (Å²) in [6, 6.07) is 76.8. The minimum Gasteiger partial charge on any atom is -0.456 e. The molecule has 9 aromatic carbocycles. The predicted octanol–water partition coefficient (Wildman–Crippen LogP) is 16.8. The van der Waals surface area contributed by atoms with Crippen LogP contribution in [0, 0.1) is 0 Å². The van der Waals surface area contributed by atoms with E-state index < -0.39 is 0 Å². The Morgan fingerprint density at radius 3 is 1.67 bits per heavy atom. The van der Waals surface area contributed by atoms with Gasteiger partial charge in [-0.3, -0.25) is 0 Å². The van der Waals surface area contributed by atoms with Crippen molar-refractivity contribution in [2.45, 2.75) is 12.3 Å². The molecule has 1 atom stereocenters. The molecular formula is C60H42N2O. The minimum absolute atomic E-state index is 0.434. The van der Waals surface area contributed by atoms with E-state index in [4.69, 9.17) is 4.42 Å². The van der Waals surface area contributed by atoms with Gasteiger partial charge >= 0.3 is 0 Å². The van der Waals surface area contributed by atoms with E-state index in [-0.39, 0.29) is 0 Å². The fourth-order valence-electron chi connectivity index (χ4n) is 9.76. The summed E-state index contributed by atoms with van der Waals surface area (Å²) < 4.78 is 8.85. The highest BCUT2D eigenvalue weighted by Crippen LogP contribution is 2.45. The zero-order valence-corrected chi connectivity index (χ0v) is 34.6. The molecular weight excluding hydrogens is 765 g/mol. The number of benzene rings is 9. The zero-order valence-electron chi connectivity index (χ0n) is 34.6. The first-order chi connectivity index (χ1) is 31.3. The Hall–Kier alpha value is -8.14. The molecule has 298 valence electrons. The van der Waals surface area contributed by atoms with Gasteiger partial charge in [-0.05, 0) is 100 Å². The van der Waals surface area contributed by atoms with Crippen LogP contribution in [0.4, 0.5) is 17.1 Å². The number of allylic oxidation sites excluding steroid dienone is 4. The number of hydrogen-bond acceptors (Lipinski definition) is 2. The third-order valence-electron chi connectivity index (χ3n) is 12.8. The molecule has 0 saturated heterocycles. The van der Waals surface area contributed by atoms with Crippen LogP contribution in [-0.2, 0) is 0 Å². The molecule has 63 heavy (non-hydrogen) atoms. The Balaban J connectivity index is 0.953. The van der Waals surface area contributed by atoms with Crippen molar-refractivity contribution in [3.63, 3.8) is 0 Å². The fourth-order valence-corrected chi connectivity index (χ4v) is 9.76. The van der Waals surface area contributed by atoms with E-state index in [9.17, 15) is 0 Å². The van der Waals surface area contributed by atoms with Gasteiger partial charge in [0.1, 0.15) is 11.2 Å². The van der Waals surface area contributed by atoms with Crippen LogP contribution in [0.15, 0.2) is 241 Å². The Kier molecular flexibility index (Phi) is 8.97. The van der Waals surface area contributed by atoms with Gasteiger partial charge in [-0.1, -0.05) is 176 Å². The normalized spacial score (nSPS) is 13.7. The molecule has 0 fully saturated rings. The number of nitrogens with zero attached hydrogens (tertiary/aromatic N) is 2. The lowest BCUT2D eigenvalue weighted by atomic mass is 9.91. The molecule has 1 aliphatic rings. The molecule has 12 rings (SSSR count). The van der Waals surface area contributed by atoms with Crippen LogP contribution < -0.4 is 4.90 Å².